The predicted octanol–water partition coefficient (Wildman–Crippen LogP) is 2.74. The van der Waals surface area contributed by atoms with Gasteiger partial charge in [-0.2, -0.15) is 0 Å². The highest BCUT2D eigenvalue weighted by molar-refractivity contribution is 5.89. The first-order valence-corrected chi connectivity index (χ1v) is 6.32. The minimum Gasteiger partial charge on any atom is -0.495 e. The number of methoxy groups -OCH3 is 1. The van der Waals surface area contributed by atoms with E-state index in [0.717, 1.165) is 5.56 Å². The normalized spacial score (nSPS) is 10.0. The van der Waals surface area contributed by atoms with E-state index in [1.165, 1.54) is 19.2 Å². The smallest absolute Gasteiger partial charge is 0.319 e. The summed E-state index contributed by atoms with van der Waals surface area (Å²) in [6.07, 6.45) is 0. The fourth-order valence-corrected chi connectivity index (χ4v) is 1.81. The van der Waals surface area contributed by atoms with Crippen molar-refractivity contribution >= 4 is 17.4 Å². The number of benzene rings is 2. The molecule has 0 aromatic heterocycles. The lowest BCUT2D eigenvalue weighted by atomic mass is 10.2. The number of carbonyl (C=O) groups is 1. The van der Waals surface area contributed by atoms with Gasteiger partial charge in [-0.25, -0.2) is 9.18 Å². The Kier molecular flexibility index (Phi) is 4.61. The molecule has 0 atom stereocenters. The monoisotopic (exact) mass is 289 g/mol. The molecule has 2 aromatic carbocycles. The topological polar surface area (TPSA) is 76.4 Å². The molecule has 0 saturated carbocycles. The van der Waals surface area contributed by atoms with E-state index in [0.29, 0.717) is 11.4 Å². The number of nitrogen functional groups attached to an aromatic ring is 1. The van der Waals surface area contributed by atoms with Crippen LogP contribution in [-0.4, -0.2) is 13.1 Å². The number of nitrogens with one attached hydrogen (secondary N) is 2. The predicted molar refractivity (Wildman–Crippen MR) is 79.7 cm³/mol. The van der Waals surface area contributed by atoms with Crippen LogP contribution in [0.2, 0.25) is 0 Å². The molecule has 5 nitrogen and oxygen atoms in total. The zero-order valence-electron chi connectivity index (χ0n) is 11.5. The lowest BCUT2D eigenvalue weighted by molar-refractivity contribution is 0.251. The molecule has 2 aromatic rings. The van der Waals surface area contributed by atoms with Gasteiger partial charge in [0.25, 0.3) is 0 Å². The van der Waals surface area contributed by atoms with Gasteiger partial charge in [-0.1, -0.05) is 18.2 Å². The SMILES string of the molecule is COc1ccc(CNC(=O)Nc2ccccc2F)cc1N. The van der Waals surface area contributed by atoms with Gasteiger partial charge in [0, 0.05) is 6.54 Å². The molecule has 0 aliphatic carbocycles. The summed E-state index contributed by atoms with van der Waals surface area (Å²) in [7, 11) is 1.53. The third-order valence-corrected chi connectivity index (χ3v) is 2.87. The number of anilines is 2. The van der Waals surface area contributed by atoms with Crippen LogP contribution in [0.15, 0.2) is 42.5 Å². The number of para-hydroxylation sites is 1. The third kappa shape index (κ3) is 3.85. The molecule has 4 N–H and O–H groups in total. The van der Waals surface area contributed by atoms with E-state index < -0.39 is 11.8 Å². The van der Waals surface area contributed by atoms with Crippen molar-refractivity contribution in [1.29, 1.82) is 0 Å². The van der Waals surface area contributed by atoms with E-state index in [1.54, 1.807) is 30.3 Å². The van der Waals surface area contributed by atoms with Crippen LogP contribution >= 0.6 is 0 Å². The second-order valence-electron chi connectivity index (χ2n) is 4.36. The molecular weight excluding hydrogens is 273 g/mol. The summed E-state index contributed by atoms with van der Waals surface area (Å²) in [5, 5.41) is 5.06. The molecule has 2 amide bonds. The zero-order chi connectivity index (χ0) is 15.2. The zero-order valence-corrected chi connectivity index (χ0v) is 11.5. The molecule has 0 aliphatic heterocycles. The van der Waals surface area contributed by atoms with Crippen molar-refractivity contribution < 1.29 is 13.9 Å². The Hall–Kier alpha value is -2.76. The van der Waals surface area contributed by atoms with Gasteiger partial charge in [0.2, 0.25) is 0 Å². The van der Waals surface area contributed by atoms with Gasteiger partial charge in [0.1, 0.15) is 11.6 Å². The fraction of sp³-hybridized carbons (Fsp3) is 0.133. The maximum atomic E-state index is 13.4. The highest BCUT2D eigenvalue weighted by Crippen LogP contribution is 2.21. The Labute approximate surface area is 121 Å². The van der Waals surface area contributed by atoms with E-state index in [1.807, 2.05) is 0 Å². The summed E-state index contributed by atoms with van der Waals surface area (Å²) in [6, 6.07) is 10.7. The summed E-state index contributed by atoms with van der Waals surface area (Å²) in [6.45, 7) is 0.272. The molecule has 0 radical (unpaired) electrons. The molecule has 2 rings (SSSR count). The van der Waals surface area contributed by atoms with Gasteiger partial charge in [0.15, 0.2) is 0 Å². The summed E-state index contributed by atoms with van der Waals surface area (Å²) < 4.78 is 18.4. The van der Waals surface area contributed by atoms with Crippen LogP contribution < -0.4 is 21.1 Å². The van der Waals surface area contributed by atoms with E-state index >= 15 is 0 Å². The van der Waals surface area contributed by atoms with E-state index in [-0.39, 0.29) is 12.2 Å². The molecule has 0 aliphatic rings. The molecule has 110 valence electrons. The van der Waals surface area contributed by atoms with Crippen LogP contribution in [0.5, 0.6) is 5.75 Å². The lowest BCUT2D eigenvalue weighted by Gasteiger charge is -2.10. The van der Waals surface area contributed by atoms with E-state index in [4.69, 9.17) is 10.5 Å². The number of urea groups is 1. The maximum absolute atomic E-state index is 13.4. The van der Waals surface area contributed by atoms with E-state index in [9.17, 15) is 9.18 Å². The molecule has 0 spiro atoms. The molecule has 0 bridgehead atoms. The van der Waals surface area contributed by atoms with Crippen molar-refractivity contribution in [2.45, 2.75) is 6.54 Å². The van der Waals surface area contributed by atoms with Gasteiger partial charge in [0.05, 0.1) is 18.5 Å². The van der Waals surface area contributed by atoms with Crippen LogP contribution in [0.1, 0.15) is 5.56 Å². The van der Waals surface area contributed by atoms with Gasteiger partial charge < -0.3 is 21.1 Å². The molecule has 0 unspecified atom stereocenters. The second-order valence-corrected chi connectivity index (χ2v) is 4.36. The van der Waals surface area contributed by atoms with Crippen molar-refractivity contribution in [2.24, 2.45) is 0 Å². The largest absolute Gasteiger partial charge is 0.495 e. The quantitative estimate of drug-likeness (QED) is 0.757. The lowest BCUT2D eigenvalue weighted by Crippen LogP contribution is -2.28. The number of hydrogen-bond donors (Lipinski definition) is 3. The van der Waals surface area contributed by atoms with Gasteiger partial charge in [-0.05, 0) is 29.8 Å². The fourth-order valence-electron chi connectivity index (χ4n) is 1.81. The van der Waals surface area contributed by atoms with Crippen LogP contribution in [0.3, 0.4) is 0 Å². The standard InChI is InChI=1S/C15H16FN3O2/c1-21-14-7-6-10(8-12(14)17)9-18-15(20)19-13-5-3-2-4-11(13)16/h2-8H,9,17H2,1H3,(H2,18,19,20). The highest BCUT2D eigenvalue weighted by atomic mass is 19.1. The summed E-state index contributed by atoms with van der Waals surface area (Å²) in [4.78, 5) is 11.7. The number of carbonyl (C=O) groups excluding carboxylic acids is 1. The number of halogens is 1. The van der Waals surface area contributed by atoms with Crippen LogP contribution in [0, 0.1) is 5.82 Å². The first kappa shape index (κ1) is 14.6. The Balaban J connectivity index is 1.92. The van der Waals surface area contributed by atoms with Crippen LogP contribution in [-0.2, 0) is 6.54 Å². The highest BCUT2D eigenvalue weighted by Gasteiger charge is 2.06. The second kappa shape index (κ2) is 6.60. The molecule has 21 heavy (non-hydrogen) atoms. The minimum atomic E-state index is -0.491. The van der Waals surface area contributed by atoms with Gasteiger partial charge in [-0.15, -0.1) is 0 Å². The number of nitrogens with two attached hydrogens (primary N) is 1. The molecular formula is C15H16FN3O2. The number of amides is 2. The van der Waals surface area contributed by atoms with Crippen molar-refractivity contribution in [1.82, 2.24) is 5.32 Å². The Morgan fingerprint density at radius 2 is 2.05 bits per heavy atom. The van der Waals surface area contributed by atoms with E-state index in [2.05, 4.69) is 10.6 Å². The Bertz CT molecular complexity index is 647. The van der Waals surface area contributed by atoms with Crippen LogP contribution in [0.25, 0.3) is 0 Å². The third-order valence-electron chi connectivity index (χ3n) is 2.87. The van der Waals surface area contributed by atoms with Gasteiger partial charge in [-0.3, -0.25) is 0 Å². The molecule has 0 saturated heterocycles. The minimum absolute atomic E-state index is 0.129. The average molecular weight is 289 g/mol. The van der Waals surface area contributed by atoms with Gasteiger partial charge >= 0.3 is 6.03 Å². The Morgan fingerprint density at radius 3 is 2.71 bits per heavy atom. The Morgan fingerprint density at radius 1 is 1.29 bits per heavy atom. The van der Waals surface area contributed by atoms with Crippen molar-refractivity contribution in [2.75, 3.05) is 18.2 Å². The average Bonchev–Trinajstić information content (AvgIpc) is 2.48. The van der Waals surface area contributed by atoms with Crippen molar-refractivity contribution in [3.8, 4) is 5.75 Å². The summed E-state index contributed by atoms with van der Waals surface area (Å²) in [5.41, 5.74) is 7.22. The maximum Gasteiger partial charge on any atom is 0.319 e. The first-order chi connectivity index (χ1) is 10.1. The number of rotatable bonds is 4. The first-order valence-electron chi connectivity index (χ1n) is 6.32. The van der Waals surface area contributed by atoms with Crippen molar-refractivity contribution in [3.05, 3.63) is 53.8 Å². The van der Waals surface area contributed by atoms with Crippen LogP contribution in [0.4, 0.5) is 20.6 Å². The molecule has 0 fully saturated rings. The molecule has 6 heteroatoms. The van der Waals surface area contributed by atoms with Crippen molar-refractivity contribution in [3.63, 3.8) is 0 Å². The summed E-state index contributed by atoms with van der Waals surface area (Å²) >= 11 is 0. The number of hydrogen-bond acceptors (Lipinski definition) is 3. The molecule has 0 heterocycles. The number of ether oxygens (including phenoxy) is 1. The summed E-state index contributed by atoms with van der Waals surface area (Å²) in [5.74, 6) is 0.0934.